The third-order valence-corrected chi connectivity index (χ3v) is 11.5. The second-order valence-corrected chi connectivity index (χ2v) is 14.4. The van der Waals surface area contributed by atoms with Gasteiger partial charge in [0.2, 0.25) is 10.0 Å². The lowest BCUT2D eigenvalue weighted by Gasteiger charge is -2.45. The van der Waals surface area contributed by atoms with Crippen LogP contribution in [0.15, 0.2) is 61.7 Å². The molecule has 1 aliphatic heterocycles. The first-order chi connectivity index (χ1) is 20.1. The summed E-state index contributed by atoms with van der Waals surface area (Å²) in [7, 11) is -3.92. The van der Waals surface area contributed by atoms with Crippen LogP contribution in [0.2, 0.25) is 5.02 Å². The van der Waals surface area contributed by atoms with Gasteiger partial charge in [0.1, 0.15) is 5.75 Å². The zero-order valence-corrected chi connectivity index (χ0v) is 25.8. The number of ether oxygens (including phenoxy) is 1. The van der Waals surface area contributed by atoms with Gasteiger partial charge in [0.05, 0.1) is 23.6 Å². The van der Waals surface area contributed by atoms with E-state index in [-0.39, 0.29) is 22.8 Å². The van der Waals surface area contributed by atoms with E-state index in [0.717, 1.165) is 42.8 Å². The number of hydrogen-bond acceptors (Lipinski definition) is 6. The number of carbonyl (C=O) groups excluding carboxylic acids is 1. The number of hydrogen-bond donors (Lipinski definition) is 2. The Morgan fingerprint density at radius 1 is 1.26 bits per heavy atom. The van der Waals surface area contributed by atoms with Crippen molar-refractivity contribution in [3.63, 3.8) is 0 Å². The molecule has 7 nitrogen and oxygen atoms in total. The number of aryl methyl sites for hydroxylation is 1. The molecule has 226 valence electrons. The molecule has 5 rings (SSSR count). The van der Waals surface area contributed by atoms with E-state index in [1.807, 2.05) is 6.07 Å². The van der Waals surface area contributed by atoms with Gasteiger partial charge in [0, 0.05) is 29.1 Å². The van der Waals surface area contributed by atoms with E-state index >= 15 is 0 Å². The second-order valence-electron chi connectivity index (χ2n) is 12.0. The molecule has 2 aliphatic carbocycles. The van der Waals surface area contributed by atoms with Crippen LogP contribution >= 0.6 is 11.6 Å². The molecule has 1 heterocycles. The Labute approximate surface area is 254 Å². The largest absolute Gasteiger partial charge is 0.490 e. The van der Waals surface area contributed by atoms with Gasteiger partial charge in [-0.1, -0.05) is 36.7 Å². The van der Waals surface area contributed by atoms with E-state index in [1.165, 1.54) is 17.2 Å². The normalized spacial score (nSPS) is 24.7. The van der Waals surface area contributed by atoms with Crippen LogP contribution in [-0.4, -0.2) is 50.5 Å². The molecule has 1 saturated carbocycles. The minimum Gasteiger partial charge on any atom is -0.490 e. The number of nitrogens with one attached hydrogen (secondary N) is 1. The third kappa shape index (κ3) is 5.99. The van der Waals surface area contributed by atoms with Crippen molar-refractivity contribution in [1.29, 1.82) is 0 Å². The van der Waals surface area contributed by atoms with E-state index in [0.29, 0.717) is 38.3 Å². The summed E-state index contributed by atoms with van der Waals surface area (Å²) >= 11 is 6.38. The standard InChI is InChI=1S/C33H41ClN2O5S/c1-4-8-30(37)27-13-10-24(27)19-36-20-33(16-7-9-22-17-25(34)12-14-28(22)33)21-41-31-15-11-23(18-29(31)36)32(38)35-42(39,40)26(5-2)6-3/h4-5,11-12,14-15,17-18,24,26-27,30,37H,1-2,6-10,13,16,19-21H2,3H3,(H,35,38)/t24-,26?,27+,30?,33-/m0/s1. The first-order valence-corrected chi connectivity index (χ1v) is 16.8. The smallest absolute Gasteiger partial charge is 0.264 e. The van der Waals surface area contributed by atoms with Gasteiger partial charge in [0.15, 0.2) is 0 Å². The van der Waals surface area contributed by atoms with Gasteiger partial charge in [-0.15, -0.1) is 13.2 Å². The van der Waals surface area contributed by atoms with Crippen LogP contribution in [0.5, 0.6) is 5.75 Å². The SMILES string of the molecule is C=CCC(O)[C@@H]1CC[C@H]1CN1C[C@@]2(CCCc3cc(Cl)ccc32)COc2ccc(C(=O)NS(=O)(=O)C(C=C)CC)cc21. The quantitative estimate of drug-likeness (QED) is 0.329. The van der Waals surface area contributed by atoms with E-state index in [1.54, 1.807) is 31.2 Å². The fraction of sp³-hybridized carbons (Fsp3) is 0.485. The Morgan fingerprint density at radius 2 is 2.07 bits per heavy atom. The molecule has 1 amide bonds. The maximum Gasteiger partial charge on any atom is 0.264 e. The molecule has 2 N–H and O–H groups in total. The van der Waals surface area contributed by atoms with Gasteiger partial charge in [-0.2, -0.15) is 0 Å². The number of aliphatic hydroxyl groups is 1. The molecule has 0 radical (unpaired) electrons. The third-order valence-electron chi connectivity index (χ3n) is 9.43. The summed E-state index contributed by atoms with van der Waals surface area (Å²) in [5.41, 5.74) is 3.21. The van der Waals surface area contributed by atoms with E-state index in [9.17, 15) is 18.3 Å². The number of benzene rings is 2. The summed E-state index contributed by atoms with van der Waals surface area (Å²) in [6, 6.07) is 11.3. The Kier molecular flexibility index (Phi) is 9.07. The molecule has 3 aliphatic rings. The van der Waals surface area contributed by atoms with Gasteiger partial charge < -0.3 is 14.7 Å². The molecule has 2 aromatic carbocycles. The Morgan fingerprint density at radius 3 is 2.76 bits per heavy atom. The second kappa shape index (κ2) is 12.4. The number of amides is 1. The highest BCUT2D eigenvalue weighted by Gasteiger charge is 2.44. The molecule has 5 atom stereocenters. The summed E-state index contributed by atoms with van der Waals surface area (Å²) in [6.07, 6.45) is 8.43. The first-order valence-electron chi connectivity index (χ1n) is 14.9. The fourth-order valence-electron chi connectivity index (χ4n) is 6.99. The van der Waals surface area contributed by atoms with Crippen molar-refractivity contribution in [1.82, 2.24) is 4.72 Å². The van der Waals surface area contributed by atoms with E-state index in [2.05, 4.69) is 34.9 Å². The van der Waals surface area contributed by atoms with Crippen LogP contribution < -0.4 is 14.4 Å². The Bertz CT molecular complexity index is 1460. The maximum atomic E-state index is 13.2. The van der Waals surface area contributed by atoms with Gasteiger partial charge in [-0.25, -0.2) is 13.1 Å². The summed E-state index contributed by atoms with van der Waals surface area (Å²) in [5, 5.41) is 10.6. The fourth-order valence-corrected chi connectivity index (χ4v) is 8.40. The van der Waals surface area contributed by atoms with Gasteiger partial charge >= 0.3 is 0 Å². The molecule has 0 bridgehead atoms. The highest BCUT2D eigenvalue weighted by atomic mass is 35.5. The molecule has 9 heteroatoms. The topological polar surface area (TPSA) is 95.9 Å². The highest BCUT2D eigenvalue weighted by molar-refractivity contribution is 7.90. The van der Waals surface area contributed by atoms with Crippen molar-refractivity contribution in [2.24, 2.45) is 11.8 Å². The zero-order chi connectivity index (χ0) is 30.1. The average Bonchev–Trinajstić information content (AvgIpc) is 3.08. The maximum absolute atomic E-state index is 13.2. The van der Waals surface area contributed by atoms with E-state index in [4.69, 9.17) is 16.3 Å². The lowest BCUT2D eigenvalue weighted by atomic mass is 9.68. The van der Waals surface area contributed by atoms with Crippen molar-refractivity contribution < 1.29 is 23.1 Å². The van der Waals surface area contributed by atoms with Crippen LogP contribution in [0, 0.1) is 11.8 Å². The van der Waals surface area contributed by atoms with Gasteiger partial charge in [-0.05, 0) is 98.2 Å². The Hall–Kier alpha value is -2.81. The van der Waals surface area contributed by atoms with Crippen LogP contribution in [0.4, 0.5) is 5.69 Å². The number of anilines is 1. The van der Waals surface area contributed by atoms with Crippen LogP contribution in [0.1, 0.15) is 66.9 Å². The van der Waals surface area contributed by atoms with Crippen LogP contribution in [-0.2, 0) is 21.9 Å². The summed E-state index contributed by atoms with van der Waals surface area (Å²) in [6.45, 7) is 11.0. The molecule has 42 heavy (non-hydrogen) atoms. The Balaban J connectivity index is 1.51. The average molecular weight is 613 g/mol. The van der Waals surface area contributed by atoms with Gasteiger partial charge in [-0.3, -0.25) is 4.79 Å². The summed E-state index contributed by atoms with van der Waals surface area (Å²) in [5.74, 6) is 0.419. The summed E-state index contributed by atoms with van der Waals surface area (Å²) in [4.78, 5) is 15.5. The molecular weight excluding hydrogens is 572 g/mol. The number of halogens is 1. The number of rotatable bonds is 10. The summed E-state index contributed by atoms with van der Waals surface area (Å²) < 4.78 is 34.3. The number of carbonyl (C=O) groups is 1. The van der Waals surface area contributed by atoms with Crippen LogP contribution in [0.25, 0.3) is 0 Å². The van der Waals surface area contributed by atoms with E-state index < -0.39 is 27.3 Å². The highest BCUT2D eigenvalue weighted by Crippen LogP contribution is 2.46. The number of fused-ring (bicyclic) bond motifs is 3. The number of aliphatic hydroxyl groups excluding tert-OH is 1. The van der Waals surface area contributed by atoms with Crippen molar-refractivity contribution in [2.45, 2.75) is 68.6 Å². The predicted molar refractivity (Wildman–Crippen MR) is 168 cm³/mol. The zero-order valence-electron chi connectivity index (χ0n) is 24.2. The lowest BCUT2D eigenvalue weighted by molar-refractivity contribution is 0.0178. The minimum absolute atomic E-state index is 0.172. The van der Waals surface area contributed by atoms with Crippen LogP contribution in [0.3, 0.4) is 0 Å². The van der Waals surface area contributed by atoms with Crippen molar-refractivity contribution in [3.05, 3.63) is 83.4 Å². The molecule has 2 unspecified atom stereocenters. The van der Waals surface area contributed by atoms with Crippen molar-refractivity contribution in [2.75, 3.05) is 24.6 Å². The number of nitrogens with zero attached hydrogens (tertiary/aromatic N) is 1. The minimum atomic E-state index is -3.92. The molecule has 1 fully saturated rings. The lowest BCUT2D eigenvalue weighted by Crippen LogP contribution is -2.49. The molecule has 1 spiro atoms. The van der Waals surface area contributed by atoms with Gasteiger partial charge in [0.25, 0.3) is 5.91 Å². The molecule has 0 saturated heterocycles. The predicted octanol–water partition coefficient (Wildman–Crippen LogP) is 5.80. The monoisotopic (exact) mass is 612 g/mol. The molecule has 2 aromatic rings. The van der Waals surface area contributed by atoms with Crippen molar-refractivity contribution in [3.8, 4) is 5.75 Å². The van der Waals surface area contributed by atoms with Crippen molar-refractivity contribution >= 4 is 33.2 Å². The molecular formula is C33H41ClN2O5S. The molecule has 0 aromatic heterocycles. The number of sulfonamides is 1. The first kappa shape index (κ1) is 30.6.